The van der Waals surface area contributed by atoms with E-state index >= 15 is 0 Å². The highest BCUT2D eigenvalue weighted by Gasteiger charge is 2.18. The minimum absolute atomic E-state index is 0.271. The van der Waals surface area contributed by atoms with Gasteiger partial charge in [-0.05, 0) is 35.9 Å². The lowest BCUT2D eigenvalue weighted by Crippen LogP contribution is -2.37. The van der Waals surface area contributed by atoms with Gasteiger partial charge in [0.05, 0.1) is 24.8 Å². The van der Waals surface area contributed by atoms with Crippen LogP contribution in [-0.2, 0) is 4.74 Å². The Kier molecular flexibility index (Phi) is 5.99. The third-order valence-corrected chi connectivity index (χ3v) is 4.27. The van der Waals surface area contributed by atoms with Gasteiger partial charge in [-0.25, -0.2) is 4.39 Å². The van der Waals surface area contributed by atoms with Gasteiger partial charge >= 0.3 is 0 Å². The lowest BCUT2D eigenvalue weighted by atomic mass is 10.1. The van der Waals surface area contributed by atoms with Crippen LogP contribution in [0.2, 0.25) is 0 Å². The number of rotatable bonds is 6. The largest absolute Gasteiger partial charge is 0.486 e. The molecule has 0 bridgehead atoms. The summed E-state index contributed by atoms with van der Waals surface area (Å²) in [5.74, 6) is 0.346. The first kappa shape index (κ1) is 17.4. The van der Waals surface area contributed by atoms with Crippen LogP contribution in [0.1, 0.15) is 23.7 Å². The molecule has 1 atom stereocenters. The summed E-state index contributed by atoms with van der Waals surface area (Å²) in [6.07, 6.45) is 0.465. The maximum atomic E-state index is 13.7. The van der Waals surface area contributed by atoms with Crippen LogP contribution in [0, 0.1) is 17.1 Å². The first-order valence-corrected chi connectivity index (χ1v) is 8.47. The molecule has 1 heterocycles. The summed E-state index contributed by atoms with van der Waals surface area (Å²) in [6.45, 7) is 4.15. The third-order valence-electron chi connectivity index (χ3n) is 4.27. The lowest BCUT2D eigenvalue weighted by Gasteiger charge is -2.28. The molecule has 5 heteroatoms. The maximum absolute atomic E-state index is 13.7. The van der Waals surface area contributed by atoms with E-state index in [9.17, 15) is 4.39 Å². The Hall–Kier alpha value is -2.42. The summed E-state index contributed by atoms with van der Waals surface area (Å²) in [7, 11) is 0. The predicted octanol–water partition coefficient (Wildman–Crippen LogP) is 3.54. The molecule has 3 rings (SSSR count). The fourth-order valence-electron chi connectivity index (χ4n) is 2.93. The molecule has 0 aromatic heterocycles. The molecule has 2 aromatic rings. The molecule has 1 aliphatic heterocycles. The van der Waals surface area contributed by atoms with Crippen LogP contribution < -0.4 is 4.74 Å². The highest BCUT2D eigenvalue weighted by atomic mass is 19.1. The molecule has 130 valence electrons. The smallest absolute Gasteiger partial charge is 0.125 e. The number of hydrogen-bond donors (Lipinski definition) is 0. The Labute approximate surface area is 147 Å². The van der Waals surface area contributed by atoms with E-state index in [0.717, 1.165) is 44.8 Å². The van der Waals surface area contributed by atoms with Crippen molar-refractivity contribution in [1.82, 2.24) is 4.90 Å². The van der Waals surface area contributed by atoms with Crippen molar-refractivity contribution in [2.24, 2.45) is 0 Å². The van der Waals surface area contributed by atoms with Crippen molar-refractivity contribution in [3.63, 3.8) is 0 Å². The molecule has 1 unspecified atom stereocenters. The Bertz CT molecular complexity index is 738. The second-order valence-electron chi connectivity index (χ2n) is 6.04. The van der Waals surface area contributed by atoms with Gasteiger partial charge in [-0.2, -0.15) is 5.26 Å². The fourth-order valence-corrected chi connectivity index (χ4v) is 2.93. The summed E-state index contributed by atoms with van der Waals surface area (Å²) in [6, 6.07) is 15.7. The van der Waals surface area contributed by atoms with E-state index in [4.69, 9.17) is 14.7 Å². The number of benzene rings is 2. The van der Waals surface area contributed by atoms with Gasteiger partial charge in [-0.3, -0.25) is 4.90 Å². The molecule has 1 saturated heterocycles. The Morgan fingerprint density at radius 2 is 1.96 bits per heavy atom. The standard InChI is InChI=1S/C20H21FN2O2/c21-18-5-2-4-17(14-18)20(7-8-23-9-11-24-12-10-23)25-19-6-1-3-16(13-19)15-22/h1-6,13-14,20H,7-12H2. The van der Waals surface area contributed by atoms with Gasteiger partial charge in [0.2, 0.25) is 0 Å². The number of hydrogen-bond acceptors (Lipinski definition) is 4. The van der Waals surface area contributed by atoms with E-state index in [1.165, 1.54) is 12.1 Å². The highest BCUT2D eigenvalue weighted by molar-refractivity contribution is 5.36. The molecule has 1 fully saturated rings. The number of halogens is 1. The average Bonchev–Trinajstić information content (AvgIpc) is 2.66. The van der Waals surface area contributed by atoms with Crippen LogP contribution in [0.25, 0.3) is 0 Å². The summed E-state index contributed by atoms with van der Waals surface area (Å²) in [4.78, 5) is 2.32. The maximum Gasteiger partial charge on any atom is 0.125 e. The molecule has 0 amide bonds. The minimum Gasteiger partial charge on any atom is -0.486 e. The molecule has 4 nitrogen and oxygen atoms in total. The number of morpholine rings is 1. The Morgan fingerprint density at radius 3 is 2.72 bits per heavy atom. The first-order valence-electron chi connectivity index (χ1n) is 8.47. The van der Waals surface area contributed by atoms with E-state index in [1.54, 1.807) is 24.3 Å². The molecule has 0 spiro atoms. The Morgan fingerprint density at radius 1 is 1.16 bits per heavy atom. The van der Waals surface area contributed by atoms with Crippen LogP contribution >= 0.6 is 0 Å². The number of nitriles is 1. The van der Waals surface area contributed by atoms with E-state index < -0.39 is 0 Å². The molecular formula is C20H21FN2O2. The van der Waals surface area contributed by atoms with Crippen LogP contribution in [-0.4, -0.2) is 37.7 Å². The molecule has 0 radical (unpaired) electrons. The fraction of sp³-hybridized carbons (Fsp3) is 0.350. The summed E-state index contributed by atoms with van der Waals surface area (Å²) >= 11 is 0. The van der Waals surface area contributed by atoms with Crippen molar-refractivity contribution in [3.8, 4) is 11.8 Å². The van der Waals surface area contributed by atoms with Gasteiger partial charge in [0.15, 0.2) is 0 Å². The molecule has 2 aromatic carbocycles. The van der Waals surface area contributed by atoms with Gasteiger partial charge in [0, 0.05) is 26.1 Å². The average molecular weight is 340 g/mol. The van der Waals surface area contributed by atoms with Crippen molar-refractivity contribution in [1.29, 1.82) is 5.26 Å². The first-order chi connectivity index (χ1) is 12.2. The van der Waals surface area contributed by atoms with Gasteiger partial charge in [-0.1, -0.05) is 18.2 Å². The second-order valence-corrected chi connectivity index (χ2v) is 6.04. The molecule has 1 aliphatic rings. The monoisotopic (exact) mass is 340 g/mol. The van der Waals surface area contributed by atoms with Crippen LogP contribution in [0.15, 0.2) is 48.5 Å². The van der Waals surface area contributed by atoms with Gasteiger partial charge in [-0.15, -0.1) is 0 Å². The molecule has 0 saturated carbocycles. The topological polar surface area (TPSA) is 45.5 Å². The zero-order valence-electron chi connectivity index (χ0n) is 14.0. The summed E-state index contributed by atoms with van der Waals surface area (Å²) in [5, 5.41) is 9.05. The quantitative estimate of drug-likeness (QED) is 0.807. The van der Waals surface area contributed by atoms with Gasteiger partial charge in [0.25, 0.3) is 0 Å². The minimum atomic E-state index is -0.275. The molecule has 25 heavy (non-hydrogen) atoms. The van der Waals surface area contributed by atoms with Gasteiger partial charge in [0.1, 0.15) is 17.7 Å². The lowest BCUT2D eigenvalue weighted by molar-refractivity contribution is 0.0317. The van der Waals surface area contributed by atoms with Gasteiger partial charge < -0.3 is 9.47 Å². The number of ether oxygens (including phenoxy) is 2. The molecule has 0 aliphatic carbocycles. The summed E-state index contributed by atoms with van der Waals surface area (Å²) < 4.78 is 25.1. The number of nitrogens with zero attached hydrogens (tertiary/aromatic N) is 2. The second kappa shape index (κ2) is 8.61. The van der Waals surface area contributed by atoms with E-state index in [2.05, 4.69) is 11.0 Å². The zero-order chi connectivity index (χ0) is 17.5. The zero-order valence-corrected chi connectivity index (χ0v) is 14.0. The SMILES string of the molecule is N#Cc1cccc(OC(CCN2CCOCC2)c2cccc(F)c2)c1. The van der Waals surface area contributed by atoms with Crippen LogP contribution in [0.4, 0.5) is 4.39 Å². The van der Waals surface area contributed by atoms with Crippen molar-refractivity contribution < 1.29 is 13.9 Å². The van der Waals surface area contributed by atoms with Crippen LogP contribution in [0.5, 0.6) is 5.75 Å². The van der Waals surface area contributed by atoms with Crippen molar-refractivity contribution in [2.45, 2.75) is 12.5 Å². The molecular weight excluding hydrogens is 319 g/mol. The van der Waals surface area contributed by atoms with Crippen molar-refractivity contribution in [3.05, 3.63) is 65.5 Å². The highest BCUT2D eigenvalue weighted by Crippen LogP contribution is 2.26. The van der Waals surface area contributed by atoms with E-state index in [-0.39, 0.29) is 11.9 Å². The normalized spacial score (nSPS) is 16.2. The van der Waals surface area contributed by atoms with Crippen molar-refractivity contribution in [2.75, 3.05) is 32.8 Å². The Balaban J connectivity index is 1.74. The van der Waals surface area contributed by atoms with E-state index in [0.29, 0.717) is 11.3 Å². The third kappa shape index (κ3) is 5.02. The van der Waals surface area contributed by atoms with Crippen LogP contribution in [0.3, 0.4) is 0 Å². The van der Waals surface area contributed by atoms with E-state index in [1.807, 2.05) is 12.1 Å². The van der Waals surface area contributed by atoms with Crippen molar-refractivity contribution >= 4 is 0 Å². The summed E-state index contributed by atoms with van der Waals surface area (Å²) in [5.41, 5.74) is 1.35. The molecule has 0 N–H and O–H groups in total. The predicted molar refractivity (Wildman–Crippen MR) is 92.8 cm³/mol.